The maximum Gasteiger partial charge on any atom is 0.327 e. The second kappa shape index (κ2) is 19.2. The fourth-order valence-electron chi connectivity index (χ4n) is 7.91. The molecule has 1 aromatic heterocycles. The highest BCUT2D eigenvalue weighted by Gasteiger charge is 2.35. The van der Waals surface area contributed by atoms with Crippen molar-refractivity contribution in [1.29, 1.82) is 0 Å². The smallest absolute Gasteiger partial charge is 0.327 e. The number of halogens is 1. The Labute approximate surface area is 344 Å². The van der Waals surface area contributed by atoms with Crippen molar-refractivity contribution in [2.24, 2.45) is 5.92 Å². The number of methoxy groups -OCH3 is 1. The van der Waals surface area contributed by atoms with E-state index in [-0.39, 0.29) is 30.1 Å². The van der Waals surface area contributed by atoms with E-state index in [0.717, 1.165) is 90.6 Å². The Balaban J connectivity index is 0.000000327. The number of aromatic nitrogens is 1. The summed E-state index contributed by atoms with van der Waals surface area (Å²) >= 11 is 7.07. The van der Waals surface area contributed by atoms with Gasteiger partial charge in [-0.05, 0) is 98.6 Å². The molecule has 3 aromatic rings. The van der Waals surface area contributed by atoms with E-state index >= 15 is 0 Å². The number of carbonyl (C=O) groups is 3. The number of fused-ring (bicyclic) bond motifs is 1. The Hall–Kier alpha value is -4.67. The molecule has 0 bridgehead atoms. The molecular formula is C46H60ClN5O5. The quantitative estimate of drug-likeness (QED) is 0.223. The van der Waals surface area contributed by atoms with Crippen LogP contribution in [0.4, 0.5) is 10.5 Å². The van der Waals surface area contributed by atoms with E-state index in [9.17, 15) is 14.4 Å². The first-order valence-electron chi connectivity index (χ1n) is 20.5. The molecule has 3 heterocycles. The number of ether oxygens (including phenoxy) is 2. The van der Waals surface area contributed by atoms with Crippen LogP contribution in [0.1, 0.15) is 96.3 Å². The molecule has 2 aliphatic carbocycles. The predicted octanol–water partition coefficient (Wildman–Crippen LogP) is 9.88. The molecule has 2 atom stereocenters. The number of likely N-dealkylation sites (N-methyl/N-ethyl adjacent to an activating group) is 1. The molecule has 2 fully saturated rings. The molecule has 2 unspecified atom stereocenters. The van der Waals surface area contributed by atoms with Crippen LogP contribution < -0.4 is 15.4 Å². The highest BCUT2D eigenvalue weighted by Crippen LogP contribution is 2.42. The fraction of sp³-hybridized carbons (Fsp3) is 0.478. The zero-order valence-corrected chi connectivity index (χ0v) is 36.0. The average Bonchev–Trinajstić information content (AvgIpc) is 3.69. The van der Waals surface area contributed by atoms with E-state index < -0.39 is 0 Å². The van der Waals surface area contributed by atoms with E-state index in [1.165, 1.54) is 22.4 Å². The van der Waals surface area contributed by atoms with Gasteiger partial charge in [-0.1, -0.05) is 83.0 Å². The molecule has 7 rings (SSSR count). The van der Waals surface area contributed by atoms with E-state index in [1.54, 1.807) is 32.3 Å². The second-order valence-corrected chi connectivity index (χ2v) is 15.6. The molecule has 11 heteroatoms. The Bertz CT molecular complexity index is 2030. The molecule has 0 spiro atoms. The number of rotatable bonds is 9. The summed E-state index contributed by atoms with van der Waals surface area (Å²) in [7, 11) is 5.06. The lowest BCUT2D eigenvalue weighted by Gasteiger charge is -2.38. The summed E-state index contributed by atoms with van der Waals surface area (Å²) in [6.45, 7) is 13.4. The van der Waals surface area contributed by atoms with Crippen LogP contribution in [-0.2, 0) is 27.2 Å². The molecule has 1 saturated carbocycles. The lowest BCUT2D eigenvalue weighted by Crippen LogP contribution is -2.52. The zero-order chi connectivity index (χ0) is 41.4. The van der Waals surface area contributed by atoms with Crippen LogP contribution in [0, 0.1) is 12.8 Å². The highest BCUT2D eigenvalue weighted by molar-refractivity contribution is 6.36. The van der Waals surface area contributed by atoms with Crippen molar-refractivity contribution in [2.75, 3.05) is 39.7 Å². The topological polar surface area (TPSA) is 113 Å². The van der Waals surface area contributed by atoms with Gasteiger partial charge in [0, 0.05) is 49.2 Å². The largest absolute Gasteiger partial charge is 0.481 e. The van der Waals surface area contributed by atoms with Crippen LogP contribution in [0.3, 0.4) is 0 Å². The van der Waals surface area contributed by atoms with E-state index in [2.05, 4.69) is 37.5 Å². The van der Waals surface area contributed by atoms with Gasteiger partial charge in [-0.2, -0.15) is 0 Å². The summed E-state index contributed by atoms with van der Waals surface area (Å²) in [5.41, 5.74) is 9.69. The van der Waals surface area contributed by atoms with Crippen LogP contribution >= 0.6 is 11.6 Å². The summed E-state index contributed by atoms with van der Waals surface area (Å²) in [6.07, 6.45) is 10.8. The van der Waals surface area contributed by atoms with Crippen LogP contribution in [0.5, 0.6) is 5.88 Å². The van der Waals surface area contributed by atoms with Crippen LogP contribution in [0.2, 0.25) is 5.02 Å². The van der Waals surface area contributed by atoms with Crippen LogP contribution in [-0.4, -0.2) is 72.6 Å². The van der Waals surface area contributed by atoms with Crippen molar-refractivity contribution in [3.8, 4) is 28.3 Å². The van der Waals surface area contributed by atoms with Gasteiger partial charge in [0.05, 0.1) is 34.7 Å². The standard InChI is InChI=1S/C33H33ClN4O3.C11H21NO2.C2H6/c1-19-22(24-14-7-15-25(29(24)34)28-17-21-11-6-13-23(21)32(36-28)41-4)12-8-16-27(19)35-31(39)26-18-37(2)33(40)38(3)30(26)20-9-5-10-20;1-4-9(3)6-11(5-2)8-12-10(13)7-14-11;1-2/h7-8,12,14-18H,5-6,9-11,13H2,1-4H3,(H,35,39);9H,4-8H2,1-3H3,(H,12,13);1-2H3. The van der Waals surface area contributed by atoms with Gasteiger partial charge < -0.3 is 25.0 Å². The first kappa shape index (κ1) is 43.5. The number of pyridine rings is 1. The number of nitrogens with one attached hydrogen (secondary N) is 2. The molecule has 10 nitrogen and oxygen atoms in total. The number of aryl methyl sites for hydroxylation is 1. The number of nitrogens with zero attached hydrogens (tertiary/aromatic N) is 3. The van der Waals surface area contributed by atoms with Gasteiger partial charge in [-0.3, -0.25) is 14.5 Å². The SMILES string of the molecule is CC.CCC(C)CC1(CC)CNC(=O)CO1.COc1nc(-c2cccc(-c3cccc(NC(=O)C4=CN(C)C(=O)N(C)C4=C4CCC4)c3C)c2Cl)cc2c1CCC2. The zero-order valence-electron chi connectivity index (χ0n) is 35.2. The highest BCUT2D eigenvalue weighted by atomic mass is 35.5. The van der Waals surface area contributed by atoms with E-state index in [1.807, 2.05) is 57.2 Å². The third kappa shape index (κ3) is 9.39. The minimum absolute atomic E-state index is 0.0122. The molecule has 1 saturated heterocycles. The van der Waals surface area contributed by atoms with Gasteiger partial charge in [0.1, 0.15) is 6.61 Å². The van der Waals surface area contributed by atoms with Crippen molar-refractivity contribution < 1.29 is 23.9 Å². The number of morpholine rings is 1. The Kier molecular flexibility index (Phi) is 14.6. The number of hydrogen-bond acceptors (Lipinski definition) is 6. The van der Waals surface area contributed by atoms with Gasteiger partial charge in [0.15, 0.2) is 0 Å². The first-order valence-corrected chi connectivity index (χ1v) is 20.9. The summed E-state index contributed by atoms with van der Waals surface area (Å²) in [4.78, 5) is 45.1. The number of hydrogen-bond donors (Lipinski definition) is 2. The summed E-state index contributed by atoms with van der Waals surface area (Å²) < 4.78 is 11.3. The molecule has 57 heavy (non-hydrogen) atoms. The van der Waals surface area contributed by atoms with Crippen molar-refractivity contribution in [3.05, 3.63) is 87.2 Å². The number of allylic oxidation sites excluding steroid dienone is 1. The van der Waals surface area contributed by atoms with Gasteiger partial charge in [-0.15, -0.1) is 0 Å². The van der Waals surface area contributed by atoms with Crippen molar-refractivity contribution in [3.63, 3.8) is 0 Å². The fourth-order valence-corrected chi connectivity index (χ4v) is 8.24. The predicted molar refractivity (Wildman–Crippen MR) is 229 cm³/mol. The van der Waals surface area contributed by atoms with Crippen molar-refractivity contribution in [2.45, 2.75) is 105 Å². The third-order valence-corrected chi connectivity index (χ3v) is 12.0. The second-order valence-electron chi connectivity index (χ2n) is 15.2. The number of urea groups is 1. The van der Waals surface area contributed by atoms with E-state index in [0.29, 0.717) is 34.6 Å². The molecule has 2 N–H and O–H groups in total. The van der Waals surface area contributed by atoms with Gasteiger partial charge in [0.2, 0.25) is 11.8 Å². The molecular weight excluding hydrogens is 738 g/mol. The lowest BCUT2D eigenvalue weighted by atomic mass is 9.87. The Morgan fingerprint density at radius 1 is 1.04 bits per heavy atom. The monoisotopic (exact) mass is 797 g/mol. The molecule has 306 valence electrons. The molecule has 2 aliphatic heterocycles. The maximum atomic E-state index is 13.7. The molecule has 0 radical (unpaired) electrons. The minimum atomic E-state index is -0.250. The van der Waals surface area contributed by atoms with Crippen molar-refractivity contribution >= 4 is 35.1 Å². The summed E-state index contributed by atoms with van der Waals surface area (Å²) in [5, 5.41) is 6.60. The number of carbonyl (C=O) groups excluding carboxylic acids is 3. The first-order chi connectivity index (χ1) is 27.4. The molecule has 2 aromatic carbocycles. The van der Waals surface area contributed by atoms with Crippen LogP contribution in [0.15, 0.2) is 65.5 Å². The van der Waals surface area contributed by atoms with Crippen LogP contribution in [0.25, 0.3) is 22.4 Å². The maximum absolute atomic E-state index is 13.7. The normalized spacial score (nSPS) is 19.2. The lowest BCUT2D eigenvalue weighted by molar-refractivity contribution is -0.146. The molecule has 4 amide bonds. The number of amides is 4. The van der Waals surface area contributed by atoms with Gasteiger partial charge in [0.25, 0.3) is 5.91 Å². The van der Waals surface area contributed by atoms with Gasteiger partial charge >= 0.3 is 6.03 Å². The third-order valence-electron chi connectivity index (χ3n) is 11.6. The Morgan fingerprint density at radius 3 is 2.35 bits per heavy atom. The average molecular weight is 798 g/mol. The number of benzene rings is 2. The van der Waals surface area contributed by atoms with E-state index in [4.69, 9.17) is 26.1 Å². The molecule has 4 aliphatic rings. The van der Waals surface area contributed by atoms with Crippen molar-refractivity contribution in [1.82, 2.24) is 20.1 Å². The number of anilines is 1. The summed E-state index contributed by atoms with van der Waals surface area (Å²) in [6, 6.07) is 13.7. The summed E-state index contributed by atoms with van der Waals surface area (Å²) in [5.74, 6) is 1.09. The van der Waals surface area contributed by atoms with Gasteiger partial charge in [-0.25, -0.2) is 9.78 Å². The Morgan fingerprint density at radius 2 is 1.72 bits per heavy atom. The minimum Gasteiger partial charge on any atom is -0.481 e.